The Morgan fingerprint density at radius 2 is 1.86 bits per heavy atom. The van der Waals surface area contributed by atoms with E-state index in [-0.39, 0.29) is 11.4 Å². The molecule has 2 aromatic rings. The first-order chi connectivity index (χ1) is 9.97. The van der Waals surface area contributed by atoms with Crippen molar-refractivity contribution in [3.05, 3.63) is 41.7 Å². The molecule has 0 amide bonds. The number of hydrogen-bond acceptors (Lipinski definition) is 4. The number of methoxy groups -OCH3 is 2. The Bertz CT molecular complexity index is 709. The molecule has 1 aromatic carbocycles. The summed E-state index contributed by atoms with van der Waals surface area (Å²) in [7, 11) is -0.645. The number of nitrogens with one attached hydrogen (secondary N) is 2. The second-order valence-electron chi connectivity index (χ2n) is 4.52. The van der Waals surface area contributed by atoms with Gasteiger partial charge in [0, 0.05) is 25.0 Å². The van der Waals surface area contributed by atoms with E-state index in [1.165, 1.54) is 20.3 Å². The number of rotatable bonds is 6. The first kappa shape index (κ1) is 15.4. The van der Waals surface area contributed by atoms with Crippen molar-refractivity contribution < 1.29 is 17.9 Å². The number of aryl methyl sites for hydroxylation is 1. The van der Waals surface area contributed by atoms with Gasteiger partial charge in [-0.25, -0.2) is 13.1 Å². The molecule has 0 radical (unpaired) electrons. The molecule has 21 heavy (non-hydrogen) atoms. The zero-order valence-electron chi connectivity index (χ0n) is 12.1. The van der Waals surface area contributed by atoms with Crippen LogP contribution in [0, 0.1) is 6.92 Å². The fourth-order valence-electron chi connectivity index (χ4n) is 1.98. The van der Waals surface area contributed by atoms with Gasteiger partial charge in [0.05, 0.1) is 19.1 Å². The molecule has 0 atom stereocenters. The minimum Gasteiger partial charge on any atom is -0.493 e. The van der Waals surface area contributed by atoms with Gasteiger partial charge >= 0.3 is 0 Å². The highest BCUT2D eigenvalue weighted by atomic mass is 32.2. The van der Waals surface area contributed by atoms with Gasteiger partial charge in [-0.2, -0.15) is 0 Å². The minimum atomic E-state index is -3.62. The standard InChI is InChI=1S/C14H18N2O4S/c1-10-6-12(19-2)13(20-3)7-14(10)21(17,18)16-9-11-4-5-15-8-11/h4-8,15-16H,9H2,1-3H3. The van der Waals surface area contributed by atoms with Crippen LogP contribution < -0.4 is 14.2 Å². The van der Waals surface area contributed by atoms with E-state index in [0.29, 0.717) is 17.1 Å². The maximum absolute atomic E-state index is 12.4. The van der Waals surface area contributed by atoms with Crippen molar-refractivity contribution in [1.29, 1.82) is 0 Å². The Hall–Kier alpha value is -1.99. The Kier molecular flexibility index (Phi) is 4.54. The number of benzene rings is 1. The van der Waals surface area contributed by atoms with Crippen molar-refractivity contribution in [3.8, 4) is 11.5 Å². The first-order valence-corrected chi connectivity index (χ1v) is 7.80. The molecular formula is C14H18N2O4S. The molecule has 2 N–H and O–H groups in total. The SMILES string of the molecule is COc1cc(C)c(S(=O)(=O)NCc2cc[nH]c2)cc1OC. The van der Waals surface area contributed by atoms with Gasteiger partial charge in [-0.1, -0.05) is 0 Å². The molecule has 0 bridgehead atoms. The van der Waals surface area contributed by atoms with Gasteiger partial charge < -0.3 is 14.5 Å². The largest absolute Gasteiger partial charge is 0.493 e. The van der Waals surface area contributed by atoms with Gasteiger partial charge in [-0.15, -0.1) is 0 Å². The molecule has 0 aliphatic rings. The molecule has 0 aliphatic heterocycles. The topological polar surface area (TPSA) is 80.4 Å². The molecule has 0 aliphatic carbocycles. The van der Waals surface area contributed by atoms with Crippen molar-refractivity contribution in [3.63, 3.8) is 0 Å². The van der Waals surface area contributed by atoms with E-state index in [0.717, 1.165) is 5.56 Å². The summed E-state index contributed by atoms with van der Waals surface area (Å²) in [5, 5.41) is 0. The normalized spacial score (nSPS) is 11.4. The molecule has 0 unspecified atom stereocenters. The van der Waals surface area contributed by atoms with Crippen LogP contribution in [0.4, 0.5) is 0 Å². The van der Waals surface area contributed by atoms with Crippen LogP contribution in [0.1, 0.15) is 11.1 Å². The fraction of sp³-hybridized carbons (Fsp3) is 0.286. The van der Waals surface area contributed by atoms with E-state index in [1.807, 2.05) is 6.07 Å². The summed E-state index contributed by atoms with van der Waals surface area (Å²) in [6.45, 7) is 1.94. The Balaban J connectivity index is 2.31. The number of ether oxygens (including phenoxy) is 2. The molecule has 7 heteroatoms. The van der Waals surface area contributed by atoms with Crippen LogP contribution in [0.25, 0.3) is 0 Å². The summed E-state index contributed by atoms with van der Waals surface area (Å²) in [4.78, 5) is 3.06. The van der Waals surface area contributed by atoms with Crippen molar-refractivity contribution in [2.75, 3.05) is 14.2 Å². The van der Waals surface area contributed by atoms with Gasteiger partial charge in [-0.3, -0.25) is 0 Å². The summed E-state index contributed by atoms with van der Waals surface area (Å²) in [5.41, 5.74) is 1.45. The molecule has 0 saturated carbocycles. The highest BCUT2D eigenvalue weighted by Gasteiger charge is 2.20. The first-order valence-electron chi connectivity index (χ1n) is 6.32. The highest BCUT2D eigenvalue weighted by Crippen LogP contribution is 2.32. The van der Waals surface area contributed by atoms with Crippen LogP contribution in [-0.2, 0) is 16.6 Å². The summed E-state index contributed by atoms with van der Waals surface area (Å²) in [5.74, 6) is 0.879. The van der Waals surface area contributed by atoms with Crippen LogP contribution in [0.3, 0.4) is 0 Å². The third-order valence-electron chi connectivity index (χ3n) is 3.10. The zero-order chi connectivity index (χ0) is 15.5. The monoisotopic (exact) mass is 310 g/mol. The molecular weight excluding hydrogens is 292 g/mol. The lowest BCUT2D eigenvalue weighted by Gasteiger charge is -2.13. The number of hydrogen-bond donors (Lipinski definition) is 2. The second-order valence-corrected chi connectivity index (χ2v) is 6.25. The van der Waals surface area contributed by atoms with Crippen molar-refractivity contribution in [2.45, 2.75) is 18.4 Å². The quantitative estimate of drug-likeness (QED) is 0.853. The second kappa shape index (κ2) is 6.19. The Morgan fingerprint density at radius 1 is 1.19 bits per heavy atom. The van der Waals surface area contributed by atoms with E-state index in [1.54, 1.807) is 25.4 Å². The zero-order valence-corrected chi connectivity index (χ0v) is 13.0. The average Bonchev–Trinajstić information content (AvgIpc) is 2.98. The van der Waals surface area contributed by atoms with E-state index >= 15 is 0 Å². The number of H-pyrrole nitrogens is 1. The van der Waals surface area contributed by atoms with E-state index < -0.39 is 10.0 Å². The lowest BCUT2D eigenvalue weighted by Crippen LogP contribution is -2.24. The summed E-state index contributed by atoms with van der Waals surface area (Å²) < 4.78 is 37.7. The van der Waals surface area contributed by atoms with E-state index in [4.69, 9.17) is 9.47 Å². The van der Waals surface area contributed by atoms with Crippen LogP contribution >= 0.6 is 0 Å². The van der Waals surface area contributed by atoms with E-state index in [2.05, 4.69) is 9.71 Å². The molecule has 6 nitrogen and oxygen atoms in total. The summed E-state index contributed by atoms with van der Waals surface area (Å²) in [6.07, 6.45) is 3.48. The maximum Gasteiger partial charge on any atom is 0.241 e. The smallest absolute Gasteiger partial charge is 0.241 e. The molecule has 0 saturated heterocycles. The highest BCUT2D eigenvalue weighted by molar-refractivity contribution is 7.89. The third kappa shape index (κ3) is 3.37. The predicted octanol–water partition coefficient (Wildman–Crippen LogP) is 1.82. The third-order valence-corrected chi connectivity index (χ3v) is 4.64. The minimum absolute atomic E-state index is 0.177. The van der Waals surface area contributed by atoms with Crippen molar-refractivity contribution >= 4 is 10.0 Å². The molecule has 1 heterocycles. The predicted molar refractivity (Wildman–Crippen MR) is 79.1 cm³/mol. The van der Waals surface area contributed by atoms with Crippen LogP contribution in [-0.4, -0.2) is 27.6 Å². The van der Waals surface area contributed by atoms with Crippen LogP contribution in [0.2, 0.25) is 0 Å². The molecule has 0 spiro atoms. The Morgan fingerprint density at radius 3 is 2.43 bits per heavy atom. The van der Waals surface area contributed by atoms with Gasteiger partial charge in [0.1, 0.15) is 0 Å². The Labute approximate surface area is 124 Å². The lowest BCUT2D eigenvalue weighted by atomic mass is 10.2. The van der Waals surface area contributed by atoms with Crippen LogP contribution in [0.5, 0.6) is 11.5 Å². The van der Waals surface area contributed by atoms with Crippen molar-refractivity contribution in [2.24, 2.45) is 0 Å². The number of sulfonamides is 1. The van der Waals surface area contributed by atoms with Gasteiger partial charge in [0.2, 0.25) is 10.0 Å². The summed E-state index contributed by atoms with van der Waals surface area (Å²) >= 11 is 0. The molecule has 2 rings (SSSR count). The van der Waals surface area contributed by atoms with Gasteiger partial charge in [0.15, 0.2) is 11.5 Å². The maximum atomic E-state index is 12.4. The van der Waals surface area contributed by atoms with E-state index in [9.17, 15) is 8.42 Å². The number of aromatic amines is 1. The summed E-state index contributed by atoms with van der Waals surface area (Å²) in [6, 6.07) is 4.92. The average molecular weight is 310 g/mol. The van der Waals surface area contributed by atoms with Crippen LogP contribution in [0.15, 0.2) is 35.5 Å². The fourth-order valence-corrected chi connectivity index (χ4v) is 3.23. The molecule has 114 valence electrons. The molecule has 1 aromatic heterocycles. The van der Waals surface area contributed by atoms with Gasteiger partial charge in [-0.05, 0) is 30.2 Å². The van der Waals surface area contributed by atoms with Gasteiger partial charge in [0.25, 0.3) is 0 Å². The molecule has 0 fully saturated rings. The lowest BCUT2D eigenvalue weighted by molar-refractivity contribution is 0.353. The van der Waals surface area contributed by atoms with Crippen molar-refractivity contribution in [1.82, 2.24) is 9.71 Å². The number of aromatic nitrogens is 1.